The summed E-state index contributed by atoms with van der Waals surface area (Å²) in [4.78, 5) is 0. The Morgan fingerprint density at radius 2 is 1.81 bits per heavy atom. The maximum atomic E-state index is 14.0. The summed E-state index contributed by atoms with van der Waals surface area (Å²) in [5, 5.41) is 3.24. The van der Waals surface area contributed by atoms with Crippen molar-refractivity contribution in [3.8, 4) is 5.75 Å². The molecule has 0 radical (unpaired) electrons. The Morgan fingerprint density at radius 1 is 1.10 bits per heavy atom. The Bertz CT molecular complexity index is 623. The normalized spacial score (nSPS) is 15.6. The van der Waals surface area contributed by atoms with Gasteiger partial charge in [0.15, 0.2) is 0 Å². The van der Waals surface area contributed by atoms with Gasteiger partial charge in [0.1, 0.15) is 17.4 Å². The Labute approximate surface area is 122 Å². The van der Waals surface area contributed by atoms with Crippen LogP contribution >= 0.6 is 0 Å². The molecule has 0 amide bonds. The van der Waals surface area contributed by atoms with Crippen LogP contribution in [0.5, 0.6) is 5.75 Å². The van der Waals surface area contributed by atoms with Gasteiger partial charge in [-0.3, -0.25) is 0 Å². The van der Waals surface area contributed by atoms with Gasteiger partial charge < -0.3 is 10.1 Å². The molecule has 1 aliphatic rings. The van der Waals surface area contributed by atoms with Crippen molar-refractivity contribution in [1.82, 2.24) is 0 Å². The van der Waals surface area contributed by atoms with E-state index >= 15 is 0 Å². The van der Waals surface area contributed by atoms with Gasteiger partial charge in [-0.2, -0.15) is 0 Å². The summed E-state index contributed by atoms with van der Waals surface area (Å²) in [5.41, 5.74) is 1.39. The predicted molar refractivity (Wildman–Crippen MR) is 78.4 cm³/mol. The highest BCUT2D eigenvalue weighted by Crippen LogP contribution is 2.43. The zero-order valence-electron chi connectivity index (χ0n) is 11.8. The fraction of sp³-hybridized carbons (Fsp3) is 0.294. The number of rotatable bonds is 5. The number of hydrogen-bond acceptors (Lipinski definition) is 2. The Balaban J connectivity index is 1.87. The molecule has 0 aliphatic heterocycles. The van der Waals surface area contributed by atoms with Crippen molar-refractivity contribution >= 4 is 5.69 Å². The summed E-state index contributed by atoms with van der Waals surface area (Å²) >= 11 is 0. The molecule has 0 aromatic heterocycles. The summed E-state index contributed by atoms with van der Waals surface area (Å²) in [6, 6.07) is 11.0. The lowest BCUT2D eigenvalue weighted by Gasteiger charge is -2.21. The Kier molecular flexibility index (Phi) is 3.78. The van der Waals surface area contributed by atoms with Crippen LogP contribution in [0.3, 0.4) is 0 Å². The maximum Gasteiger partial charge on any atom is 0.146 e. The second kappa shape index (κ2) is 5.72. The molecule has 1 N–H and O–H groups in total. The molecule has 2 aromatic rings. The minimum absolute atomic E-state index is 0.00722. The molecule has 0 saturated heterocycles. The van der Waals surface area contributed by atoms with E-state index in [4.69, 9.17) is 4.74 Å². The van der Waals surface area contributed by atoms with E-state index in [-0.39, 0.29) is 17.7 Å². The zero-order chi connectivity index (χ0) is 14.8. The number of anilines is 1. The molecule has 1 aliphatic carbocycles. The Morgan fingerprint density at radius 3 is 2.43 bits per heavy atom. The molecular weight excluding hydrogens is 272 g/mol. The second-order valence-corrected chi connectivity index (χ2v) is 5.36. The van der Waals surface area contributed by atoms with Crippen LogP contribution < -0.4 is 10.1 Å². The number of ether oxygens (including phenoxy) is 1. The van der Waals surface area contributed by atoms with Gasteiger partial charge in [0.2, 0.25) is 0 Å². The van der Waals surface area contributed by atoms with Crippen LogP contribution in [0.4, 0.5) is 14.5 Å². The molecule has 1 saturated carbocycles. The molecule has 2 nitrogen and oxygen atoms in total. The molecular formula is C17H17F2NO. The molecule has 110 valence electrons. The minimum atomic E-state index is -0.316. The molecule has 1 unspecified atom stereocenters. The first-order valence-corrected chi connectivity index (χ1v) is 7.03. The summed E-state index contributed by atoms with van der Waals surface area (Å²) in [6.07, 6.45) is 2.20. The van der Waals surface area contributed by atoms with E-state index in [0.29, 0.717) is 17.4 Å². The monoisotopic (exact) mass is 289 g/mol. The third-order valence-electron chi connectivity index (χ3n) is 3.81. The Hall–Kier alpha value is -2.10. The number of benzene rings is 2. The average Bonchev–Trinajstić information content (AvgIpc) is 3.32. The van der Waals surface area contributed by atoms with E-state index in [9.17, 15) is 8.78 Å². The highest BCUT2D eigenvalue weighted by molar-refractivity contribution is 5.51. The van der Waals surface area contributed by atoms with Crippen molar-refractivity contribution in [3.05, 3.63) is 59.7 Å². The SMILES string of the molecule is COc1ccc(F)c(NC(c2ccc(F)cc2)C2CC2)c1. The van der Waals surface area contributed by atoms with Crippen LogP contribution in [0.1, 0.15) is 24.4 Å². The van der Waals surface area contributed by atoms with Gasteiger partial charge in [-0.15, -0.1) is 0 Å². The van der Waals surface area contributed by atoms with E-state index in [1.807, 2.05) is 0 Å². The molecule has 1 fully saturated rings. The standard InChI is InChI=1S/C17H17F2NO/c1-21-14-8-9-15(19)16(10-14)20-17(11-2-3-11)12-4-6-13(18)7-5-12/h4-11,17,20H,2-3H2,1H3. The van der Waals surface area contributed by atoms with Crippen LogP contribution in [-0.2, 0) is 0 Å². The highest BCUT2D eigenvalue weighted by Gasteiger charge is 2.32. The quantitative estimate of drug-likeness (QED) is 0.872. The average molecular weight is 289 g/mol. The molecule has 3 rings (SSSR count). The number of hydrogen-bond donors (Lipinski definition) is 1. The van der Waals surface area contributed by atoms with Crippen molar-refractivity contribution in [2.75, 3.05) is 12.4 Å². The largest absolute Gasteiger partial charge is 0.497 e. The van der Waals surface area contributed by atoms with E-state index in [1.165, 1.54) is 18.2 Å². The summed E-state index contributed by atoms with van der Waals surface area (Å²) in [5.74, 6) is 0.484. The molecule has 0 heterocycles. The van der Waals surface area contributed by atoms with E-state index in [1.54, 1.807) is 31.4 Å². The van der Waals surface area contributed by atoms with Crippen LogP contribution in [0.2, 0.25) is 0 Å². The smallest absolute Gasteiger partial charge is 0.146 e. The fourth-order valence-electron chi connectivity index (χ4n) is 2.48. The fourth-order valence-corrected chi connectivity index (χ4v) is 2.48. The van der Waals surface area contributed by atoms with Gasteiger partial charge in [0.25, 0.3) is 0 Å². The number of halogens is 2. The molecule has 1 atom stereocenters. The summed E-state index contributed by atoms with van der Waals surface area (Å²) in [7, 11) is 1.55. The van der Waals surface area contributed by atoms with Crippen LogP contribution in [0, 0.1) is 17.6 Å². The van der Waals surface area contributed by atoms with E-state index in [2.05, 4.69) is 5.32 Å². The molecule has 0 bridgehead atoms. The van der Waals surface area contributed by atoms with Crippen molar-refractivity contribution in [3.63, 3.8) is 0 Å². The van der Waals surface area contributed by atoms with Crippen molar-refractivity contribution in [2.24, 2.45) is 5.92 Å². The molecule has 2 aromatic carbocycles. The molecule has 4 heteroatoms. The first kappa shape index (κ1) is 13.9. The van der Waals surface area contributed by atoms with Crippen molar-refractivity contribution < 1.29 is 13.5 Å². The van der Waals surface area contributed by atoms with Gasteiger partial charge in [0, 0.05) is 6.07 Å². The zero-order valence-corrected chi connectivity index (χ0v) is 11.8. The van der Waals surface area contributed by atoms with Gasteiger partial charge in [-0.25, -0.2) is 8.78 Å². The van der Waals surface area contributed by atoms with Gasteiger partial charge in [0.05, 0.1) is 18.8 Å². The van der Waals surface area contributed by atoms with Gasteiger partial charge in [-0.1, -0.05) is 12.1 Å². The first-order chi connectivity index (χ1) is 10.2. The summed E-state index contributed by atoms with van der Waals surface area (Å²) < 4.78 is 32.1. The van der Waals surface area contributed by atoms with Crippen LogP contribution in [0.25, 0.3) is 0 Å². The predicted octanol–water partition coefficient (Wildman–Crippen LogP) is 4.54. The van der Waals surface area contributed by atoms with E-state index in [0.717, 1.165) is 18.4 Å². The topological polar surface area (TPSA) is 21.3 Å². The first-order valence-electron chi connectivity index (χ1n) is 7.03. The van der Waals surface area contributed by atoms with Crippen molar-refractivity contribution in [1.29, 1.82) is 0 Å². The lowest BCUT2D eigenvalue weighted by Crippen LogP contribution is -2.14. The van der Waals surface area contributed by atoms with Gasteiger partial charge >= 0.3 is 0 Å². The third kappa shape index (κ3) is 3.15. The minimum Gasteiger partial charge on any atom is -0.497 e. The number of nitrogens with one attached hydrogen (secondary N) is 1. The second-order valence-electron chi connectivity index (χ2n) is 5.36. The van der Waals surface area contributed by atoms with E-state index < -0.39 is 0 Å². The van der Waals surface area contributed by atoms with Gasteiger partial charge in [-0.05, 0) is 48.6 Å². The van der Waals surface area contributed by atoms with Crippen LogP contribution in [0.15, 0.2) is 42.5 Å². The van der Waals surface area contributed by atoms with Crippen LogP contribution in [-0.4, -0.2) is 7.11 Å². The highest BCUT2D eigenvalue weighted by atomic mass is 19.1. The maximum absolute atomic E-state index is 14.0. The lowest BCUT2D eigenvalue weighted by atomic mass is 10.0. The van der Waals surface area contributed by atoms with Crippen molar-refractivity contribution in [2.45, 2.75) is 18.9 Å². The molecule has 0 spiro atoms. The summed E-state index contributed by atoms with van der Waals surface area (Å²) in [6.45, 7) is 0. The third-order valence-corrected chi connectivity index (χ3v) is 3.81. The lowest BCUT2D eigenvalue weighted by molar-refractivity contribution is 0.414. The number of methoxy groups -OCH3 is 1. The molecule has 21 heavy (non-hydrogen) atoms.